The molecule has 1 aliphatic heterocycles. The number of likely N-dealkylation sites (tertiary alicyclic amines) is 1. The van der Waals surface area contributed by atoms with Crippen LogP contribution in [-0.2, 0) is 17.5 Å². The van der Waals surface area contributed by atoms with E-state index in [0.29, 0.717) is 26.1 Å². The Morgan fingerprint density at radius 3 is 2.39 bits per heavy atom. The van der Waals surface area contributed by atoms with E-state index in [0.717, 1.165) is 17.7 Å². The third-order valence-electron chi connectivity index (χ3n) is 4.53. The highest BCUT2D eigenvalue weighted by Gasteiger charge is 2.30. The molecular formula is C20H20F3N3O2. The lowest BCUT2D eigenvalue weighted by Gasteiger charge is -2.17. The predicted octanol–water partition coefficient (Wildman–Crippen LogP) is 3.88. The maximum Gasteiger partial charge on any atom is 0.416 e. The molecule has 148 valence electrons. The molecule has 0 aliphatic carbocycles. The fraction of sp³-hybridized carbons (Fsp3) is 0.300. The van der Waals surface area contributed by atoms with Crippen LogP contribution in [0.5, 0.6) is 0 Å². The number of hydrogen-bond acceptors (Lipinski definition) is 2. The smallest absolute Gasteiger partial charge is 0.338 e. The number of nitrogens with zero attached hydrogens (tertiary/aromatic N) is 1. The number of halogens is 3. The number of urea groups is 1. The van der Waals surface area contributed by atoms with Gasteiger partial charge in [-0.15, -0.1) is 0 Å². The zero-order valence-electron chi connectivity index (χ0n) is 15.0. The lowest BCUT2D eigenvalue weighted by Crippen LogP contribution is -2.34. The first-order chi connectivity index (χ1) is 13.3. The Bertz CT molecular complexity index is 823. The molecule has 3 amide bonds. The molecule has 1 saturated heterocycles. The van der Waals surface area contributed by atoms with Crippen molar-refractivity contribution in [1.29, 1.82) is 0 Å². The van der Waals surface area contributed by atoms with Crippen LogP contribution in [0.15, 0.2) is 54.6 Å². The van der Waals surface area contributed by atoms with Crippen molar-refractivity contribution in [2.45, 2.75) is 19.1 Å². The summed E-state index contributed by atoms with van der Waals surface area (Å²) in [5.41, 5.74) is 0.532. The number of rotatable bonds is 5. The molecule has 0 saturated carbocycles. The standard InChI is InChI=1S/C20H20F3N3O2/c21-20(22,23)16-6-8-17(9-7-16)25-19(28)24-11-15-10-18(27)26(13-15)12-14-4-2-1-3-5-14/h1-9,15H,10-13H2,(H2,24,25,28). The molecule has 1 aliphatic rings. The number of alkyl halides is 3. The van der Waals surface area contributed by atoms with Crippen LogP contribution in [0.1, 0.15) is 17.5 Å². The van der Waals surface area contributed by atoms with Gasteiger partial charge in [0.05, 0.1) is 5.56 Å². The molecule has 8 heteroatoms. The number of benzene rings is 2. The minimum atomic E-state index is -4.42. The Morgan fingerprint density at radius 2 is 1.75 bits per heavy atom. The van der Waals surface area contributed by atoms with Crippen molar-refractivity contribution in [2.75, 3.05) is 18.4 Å². The van der Waals surface area contributed by atoms with Gasteiger partial charge >= 0.3 is 12.2 Å². The second-order valence-corrected chi connectivity index (χ2v) is 6.74. The van der Waals surface area contributed by atoms with Crippen molar-refractivity contribution >= 4 is 17.6 Å². The molecule has 1 fully saturated rings. The van der Waals surface area contributed by atoms with E-state index in [1.807, 2.05) is 30.3 Å². The minimum Gasteiger partial charge on any atom is -0.338 e. The molecule has 5 nitrogen and oxygen atoms in total. The van der Waals surface area contributed by atoms with Gasteiger partial charge in [-0.2, -0.15) is 13.2 Å². The van der Waals surface area contributed by atoms with E-state index < -0.39 is 17.8 Å². The van der Waals surface area contributed by atoms with Crippen molar-refractivity contribution in [1.82, 2.24) is 10.2 Å². The molecule has 1 atom stereocenters. The highest BCUT2D eigenvalue weighted by Crippen LogP contribution is 2.29. The number of anilines is 1. The Balaban J connectivity index is 1.45. The second kappa shape index (κ2) is 8.33. The van der Waals surface area contributed by atoms with Crippen LogP contribution < -0.4 is 10.6 Å². The molecule has 0 bridgehead atoms. The molecule has 0 spiro atoms. The summed E-state index contributed by atoms with van der Waals surface area (Å²) in [6, 6.07) is 13.4. The van der Waals surface area contributed by atoms with E-state index in [2.05, 4.69) is 10.6 Å². The Labute approximate surface area is 160 Å². The van der Waals surface area contributed by atoms with Gasteiger partial charge in [-0.3, -0.25) is 4.79 Å². The first kappa shape index (κ1) is 19.7. The van der Waals surface area contributed by atoms with Gasteiger partial charge in [-0.05, 0) is 29.8 Å². The fourth-order valence-corrected chi connectivity index (χ4v) is 3.10. The summed E-state index contributed by atoms with van der Waals surface area (Å²) < 4.78 is 37.6. The van der Waals surface area contributed by atoms with Crippen LogP contribution >= 0.6 is 0 Å². The lowest BCUT2D eigenvalue weighted by atomic mass is 10.1. The monoisotopic (exact) mass is 391 g/mol. The summed E-state index contributed by atoms with van der Waals surface area (Å²) in [4.78, 5) is 25.9. The predicted molar refractivity (Wildman–Crippen MR) is 98.4 cm³/mol. The third-order valence-corrected chi connectivity index (χ3v) is 4.53. The molecule has 2 aromatic carbocycles. The van der Waals surface area contributed by atoms with E-state index >= 15 is 0 Å². The molecule has 1 heterocycles. The minimum absolute atomic E-state index is 0.00503. The van der Waals surface area contributed by atoms with Crippen LogP contribution in [0, 0.1) is 5.92 Å². The van der Waals surface area contributed by atoms with Gasteiger partial charge in [0.25, 0.3) is 0 Å². The van der Waals surface area contributed by atoms with Crippen LogP contribution in [0.25, 0.3) is 0 Å². The number of hydrogen-bond donors (Lipinski definition) is 2. The SMILES string of the molecule is O=C(NCC1CC(=O)N(Cc2ccccc2)C1)Nc1ccc(C(F)(F)F)cc1. The fourth-order valence-electron chi connectivity index (χ4n) is 3.10. The first-order valence-corrected chi connectivity index (χ1v) is 8.85. The maximum atomic E-state index is 12.5. The van der Waals surface area contributed by atoms with Gasteiger partial charge in [0.2, 0.25) is 5.91 Å². The van der Waals surface area contributed by atoms with E-state index in [-0.39, 0.29) is 17.5 Å². The van der Waals surface area contributed by atoms with Crippen molar-refractivity contribution in [3.05, 3.63) is 65.7 Å². The van der Waals surface area contributed by atoms with Crippen molar-refractivity contribution in [3.63, 3.8) is 0 Å². The Morgan fingerprint density at radius 1 is 1.07 bits per heavy atom. The quantitative estimate of drug-likeness (QED) is 0.813. The maximum absolute atomic E-state index is 12.5. The van der Waals surface area contributed by atoms with E-state index in [4.69, 9.17) is 0 Å². The summed E-state index contributed by atoms with van der Waals surface area (Å²) in [6.45, 7) is 1.39. The van der Waals surface area contributed by atoms with Crippen LogP contribution in [-0.4, -0.2) is 29.9 Å². The van der Waals surface area contributed by atoms with Gasteiger partial charge in [0.1, 0.15) is 0 Å². The van der Waals surface area contributed by atoms with Gasteiger partial charge < -0.3 is 15.5 Å². The number of carbonyl (C=O) groups is 2. The van der Waals surface area contributed by atoms with Gasteiger partial charge in [0, 0.05) is 37.7 Å². The lowest BCUT2D eigenvalue weighted by molar-refractivity contribution is -0.137. The van der Waals surface area contributed by atoms with Crippen molar-refractivity contribution in [3.8, 4) is 0 Å². The molecule has 2 N–H and O–H groups in total. The van der Waals surface area contributed by atoms with E-state index in [1.54, 1.807) is 4.90 Å². The Kier molecular flexibility index (Phi) is 5.87. The molecule has 3 rings (SSSR count). The zero-order valence-corrected chi connectivity index (χ0v) is 15.0. The van der Waals surface area contributed by atoms with Crippen molar-refractivity contribution in [2.24, 2.45) is 5.92 Å². The average Bonchev–Trinajstić information content (AvgIpc) is 3.00. The molecular weight excluding hydrogens is 371 g/mol. The molecule has 1 unspecified atom stereocenters. The summed E-state index contributed by atoms with van der Waals surface area (Å²) >= 11 is 0. The molecule has 2 aromatic rings. The number of carbonyl (C=O) groups excluding carboxylic acids is 2. The van der Waals surface area contributed by atoms with Gasteiger partial charge in [-0.1, -0.05) is 30.3 Å². The van der Waals surface area contributed by atoms with E-state index in [1.165, 1.54) is 12.1 Å². The van der Waals surface area contributed by atoms with Crippen molar-refractivity contribution < 1.29 is 22.8 Å². The first-order valence-electron chi connectivity index (χ1n) is 8.85. The third kappa shape index (κ3) is 5.25. The van der Waals surface area contributed by atoms with Gasteiger partial charge in [-0.25, -0.2) is 4.79 Å². The topological polar surface area (TPSA) is 61.4 Å². The summed E-state index contributed by atoms with van der Waals surface area (Å²) in [5.74, 6) is 0.0355. The average molecular weight is 391 g/mol. The zero-order chi connectivity index (χ0) is 20.1. The second-order valence-electron chi connectivity index (χ2n) is 6.74. The molecule has 0 aromatic heterocycles. The van der Waals surface area contributed by atoms with Crippen LogP contribution in [0.4, 0.5) is 23.7 Å². The summed E-state index contributed by atoms with van der Waals surface area (Å²) in [7, 11) is 0. The summed E-state index contributed by atoms with van der Waals surface area (Å²) in [5, 5.41) is 5.16. The molecule has 0 radical (unpaired) electrons. The van der Waals surface area contributed by atoms with E-state index in [9.17, 15) is 22.8 Å². The highest BCUT2D eigenvalue weighted by molar-refractivity contribution is 5.89. The normalized spacial score (nSPS) is 16.9. The van der Waals surface area contributed by atoms with Crippen LogP contribution in [0.3, 0.4) is 0 Å². The largest absolute Gasteiger partial charge is 0.416 e. The number of nitrogens with one attached hydrogen (secondary N) is 2. The molecule has 28 heavy (non-hydrogen) atoms. The Hall–Kier alpha value is -3.03. The highest BCUT2D eigenvalue weighted by atomic mass is 19.4. The number of amides is 3. The summed E-state index contributed by atoms with van der Waals surface area (Å²) in [6.07, 6.45) is -4.06. The van der Waals surface area contributed by atoms with Crippen LogP contribution in [0.2, 0.25) is 0 Å². The van der Waals surface area contributed by atoms with Gasteiger partial charge in [0.15, 0.2) is 0 Å².